The van der Waals surface area contributed by atoms with E-state index in [1.807, 2.05) is 23.6 Å². The molecule has 5 heteroatoms. The number of aliphatic hydroxyl groups is 1. The van der Waals surface area contributed by atoms with Gasteiger partial charge in [0.1, 0.15) is 0 Å². The van der Waals surface area contributed by atoms with Crippen LogP contribution >= 0.6 is 0 Å². The standard InChI is InChI=1S/C16H28N2O3/c1-3-12(2)15(20)17-7-4-5-14(10-17)16(21)18-8-6-13(9-18)11-19/h12-14,19H,3-11H2,1-2H3. The average molecular weight is 296 g/mol. The van der Waals surface area contributed by atoms with Gasteiger partial charge in [0.2, 0.25) is 11.8 Å². The Morgan fingerprint density at radius 3 is 2.57 bits per heavy atom. The van der Waals surface area contributed by atoms with Crippen LogP contribution in [0.5, 0.6) is 0 Å². The molecule has 2 amide bonds. The molecule has 2 saturated heterocycles. The maximum atomic E-state index is 12.6. The van der Waals surface area contributed by atoms with Gasteiger partial charge in [-0.3, -0.25) is 9.59 Å². The second-order valence-electron chi connectivity index (χ2n) is 6.55. The van der Waals surface area contributed by atoms with Gasteiger partial charge in [0.25, 0.3) is 0 Å². The summed E-state index contributed by atoms with van der Waals surface area (Å²) in [6.45, 7) is 6.92. The van der Waals surface area contributed by atoms with Crippen molar-refractivity contribution >= 4 is 11.8 Å². The molecule has 1 N–H and O–H groups in total. The maximum Gasteiger partial charge on any atom is 0.227 e. The summed E-state index contributed by atoms with van der Waals surface area (Å²) in [4.78, 5) is 28.6. The predicted molar refractivity (Wildman–Crippen MR) is 80.5 cm³/mol. The SMILES string of the molecule is CCC(C)C(=O)N1CCCC(C(=O)N2CCC(CO)C2)C1. The summed E-state index contributed by atoms with van der Waals surface area (Å²) in [6, 6.07) is 0. The first-order valence-electron chi connectivity index (χ1n) is 8.25. The van der Waals surface area contributed by atoms with Gasteiger partial charge in [-0.05, 0) is 25.7 Å². The first-order chi connectivity index (χ1) is 10.1. The van der Waals surface area contributed by atoms with E-state index in [2.05, 4.69) is 0 Å². The lowest BCUT2D eigenvalue weighted by atomic mass is 9.95. The lowest BCUT2D eigenvalue weighted by Crippen LogP contribution is -2.47. The molecule has 0 bridgehead atoms. The molecule has 3 atom stereocenters. The van der Waals surface area contributed by atoms with E-state index in [1.165, 1.54) is 0 Å². The molecule has 2 aliphatic heterocycles. The highest BCUT2D eigenvalue weighted by atomic mass is 16.3. The Morgan fingerprint density at radius 2 is 1.95 bits per heavy atom. The monoisotopic (exact) mass is 296 g/mol. The quantitative estimate of drug-likeness (QED) is 0.845. The van der Waals surface area contributed by atoms with Gasteiger partial charge >= 0.3 is 0 Å². The molecule has 0 aliphatic carbocycles. The van der Waals surface area contributed by atoms with Gasteiger partial charge < -0.3 is 14.9 Å². The smallest absolute Gasteiger partial charge is 0.227 e. The van der Waals surface area contributed by atoms with Crippen molar-refractivity contribution in [1.82, 2.24) is 9.80 Å². The molecule has 120 valence electrons. The highest BCUT2D eigenvalue weighted by molar-refractivity contribution is 5.82. The van der Waals surface area contributed by atoms with Crippen LogP contribution in [0.15, 0.2) is 0 Å². The van der Waals surface area contributed by atoms with Crippen molar-refractivity contribution in [1.29, 1.82) is 0 Å². The first-order valence-corrected chi connectivity index (χ1v) is 8.25. The van der Waals surface area contributed by atoms with Crippen LogP contribution in [0.3, 0.4) is 0 Å². The Balaban J connectivity index is 1.91. The highest BCUT2D eigenvalue weighted by Gasteiger charge is 2.34. The Morgan fingerprint density at radius 1 is 1.19 bits per heavy atom. The Bertz CT molecular complexity index is 386. The number of aliphatic hydroxyl groups excluding tert-OH is 1. The molecule has 0 radical (unpaired) electrons. The molecule has 5 nitrogen and oxygen atoms in total. The topological polar surface area (TPSA) is 60.9 Å². The van der Waals surface area contributed by atoms with Crippen molar-refractivity contribution < 1.29 is 14.7 Å². The molecule has 2 heterocycles. The molecule has 0 saturated carbocycles. The van der Waals surface area contributed by atoms with E-state index < -0.39 is 0 Å². The predicted octanol–water partition coefficient (Wildman–Crippen LogP) is 1.11. The molecular formula is C16H28N2O3. The summed E-state index contributed by atoms with van der Waals surface area (Å²) < 4.78 is 0. The van der Waals surface area contributed by atoms with Crippen molar-refractivity contribution in [2.45, 2.75) is 39.5 Å². The molecule has 3 unspecified atom stereocenters. The highest BCUT2D eigenvalue weighted by Crippen LogP contribution is 2.24. The van der Waals surface area contributed by atoms with E-state index in [-0.39, 0.29) is 36.2 Å². The number of amides is 2. The third-order valence-electron chi connectivity index (χ3n) is 4.97. The summed E-state index contributed by atoms with van der Waals surface area (Å²) in [5, 5.41) is 9.19. The zero-order chi connectivity index (χ0) is 15.4. The van der Waals surface area contributed by atoms with Gasteiger partial charge in [-0.15, -0.1) is 0 Å². The lowest BCUT2D eigenvalue weighted by Gasteiger charge is -2.35. The minimum absolute atomic E-state index is 0.0457. The van der Waals surface area contributed by atoms with Crippen molar-refractivity contribution in [3.8, 4) is 0 Å². The van der Waals surface area contributed by atoms with Crippen LogP contribution in [-0.2, 0) is 9.59 Å². The molecule has 2 fully saturated rings. The fourth-order valence-electron chi connectivity index (χ4n) is 3.31. The molecule has 0 spiro atoms. The van der Waals surface area contributed by atoms with Crippen LogP contribution in [0.2, 0.25) is 0 Å². The summed E-state index contributed by atoms with van der Waals surface area (Å²) in [5.41, 5.74) is 0. The molecule has 0 aromatic rings. The van der Waals surface area contributed by atoms with Crippen molar-refractivity contribution in [2.75, 3.05) is 32.8 Å². The van der Waals surface area contributed by atoms with Crippen LogP contribution in [0, 0.1) is 17.8 Å². The van der Waals surface area contributed by atoms with E-state index in [0.29, 0.717) is 13.1 Å². The van der Waals surface area contributed by atoms with Gasteiger partial charge in [-0.25, -0.2) is 0 Å². The number of likely N-dealkylation sites (tertiary alicyclic amines) is 2. The summed E-state index contributed by atoms with van der Waals surface area (Å²) >= 11 is 0. The Hall–Kier alpha value is -1.10. The number of nitrogens with zero attached hydrogens (tertiary/aromatic N) is 2. The van der Waals surface area contributed by atoms with Crippen molar-refractivity contribution in [3.63, 3.8) is 0 Å². The second kappa shape index (κ2) is 7.25. The number of piperidine rings is 1. The maximum absolute atomic E-state index is 12.6. The molecule has 21 heavy (non-hydrogen) atoms. The van der Waals surface area contributed by atoms with Crippen LogP contribution in [0.1, 0.15) is 39.5 Å². The van der Waals surface area contributed by atoms with E-state index in [1.54, 1.807) is 0 Å². The largest absolute Gasteiger partial charge is 0.396 e. The number of carbonyl (C=O) groups is 2. The summed E-state index contributed by atoms with van der Waals surface area (Å²) in [7, 11) is 0. The van der Waals surface area contributed by atoms with Crippen LogP contribution < -0.4 is 0 Å². The molecular weight excluding hydrogens is 268 g/mol. The molecule has 0 aromatic carbocycles. The Kier molecular flexibility index (Phi) is 5.62. The van der Waals surface area contributed by atoms with E-state index in [9.17, 15) is 14.7 Å². The van der Waals surface area contributed by atoms with Crippen LogP contribution in [0.4, 0.5) is 0 Å². The van der Waals surface area contributed by atoms with E-state index in [0.717, 1.165) is 38.8 Å². The van der Waals surface area contributed by atoms with Gasteiger partial charge in [0.15, 0.2) is 0 Å². The third-order valence-corrected chi connectivity index (χ3v) is 4.97. The molecule has 0 aromatic heterocycles. The fourth-order valence-corrected chi connectivity index (χ4v) is 3.31. The zero-order valence-corrected chi connectivity index (χ0v) is 13.3. The number of hydrogen-bond donors (Lipinski definition) is 1. The summed E-state index contributed by atoms with van der Waals surface area (Å²) in [6.07, 6.45) is 3.53. The molecule has 2 aliphatic rings. The normalized spacial score (nSPS) is 27.8. The number of carbonyl (C=O) groups excluding carboxylic acids is 2. The van der Waals surface area contributed by atoms with Gasteiger partial charge in [0.05, 0.1) is 5.92 Å². The van der Waals surface area contributed by atoms with E-state index in [4.69, 9.17) is 0 Å². The number of rotatable bonds is 4. The minimum Gasteiger partial charge on any atom is -0.396 e. The Labute approximate surface area is 127 Å². The average Bonchev–Trinajstić information content (AvgIpc) is 3.01. The fraction of sp³-hybridized carbons (Fsp3) is 0.875. The second-order valence-corrected chi connectivity index (χ2v) is 6.55. The molecule has 2 rings (SSSR count). The number of hydrogen-bond acceptors (Lipinski definition) is 3. The first kappa shape index (κ1) is 16.3. The van der Waals surface area contributed by atoms with Gasteiger partial charge in [-0.1, -0.05) is 13.8 Å². The van der Waals surface area contributed by atoms with Crippen LogP contribution in [-0.4, -0.2) is 59.5 Å². The van der Waals surface area contributed by atoms with Crippen LogP contribution in [0.25, 0.3) is 0 Å². The lowest BCUT2D eigenvalue weighted by molar-refractivity contribution is -0.142. The van der Waals surface area contributed by atoms with Gasteiger partial charge in [-0.2, -0.15) is 0 Å². The zero-order valence-electron chi connectivity index (χ0n) is 13.3. The third kappa shape index (κ3) is 3.76. The van der Waals surface area contributed by atoms with Gasteiger partial charge in [0, 0.05) is 44.6 Å². The van der Waals surface area contributed by atoms with Crippen molar-refractivity contribution in [2.24, 2.45) is 17.8 Å². The summed E-state index contributed by atoms with van der Waals surface area (Å²) in [5.74, 6) is 0.584. The van der Waals surface area contributed by atoms with Crippen molar-refractivity contribution in [3.05, 3.63) is 0 Å². The minimum atomic E-state index is -0.0517. The van der Waals surface area contributed by atoms with E-state index >= 15 is 0 Å².